The second-order valence-corrected chi connectivity index (χ2v) is 13.0. The van der Waals surface area contributed by atoms with Crippen molar-refractivity contribution in [3.05, 3.63) is 30.3 Å². The number of methoxy groups -OCH3 is 1. The third-order valence-electron chi connectivity index (χ3n) is 9.70. The number of rotatable bonds is 7. The second kappa shape index (κ2) is 10.3. The molecule has 3 fully saturated rings. The number of benzene rings is 1. The van der Waals surface area contributed by atoms with Gasteiger partial charge in [-0.2, -0.15) is 0 Å². The Morgan fingerprint density at radius 1 is 1.14 bits per heavy atom. The summed E-state index contributed by atoms with van der Waals surface area (Å²) in [5.74, 6) is 0.162. The van der Waals surface area contributed by atoms with E-state index in [1.54, 1.807) is 18.9 Å². The standard InChI is InChI=1S/C29H39BF2N4O6/c1-26(2)27(3,4)42-30(41-26)18-12-22(40-16-39-8)17(11-19(18)31)20-14-34-23(15-33-20)35(7)21-13-28(5)9-10-29(6,24(21)32)36(28)25(37)38/h11-12,14-15,21,24H,9-10,13,16H2,1-8H3,(H,37,38)/t21-,24-,28-,29+/m1/s1. The number of alkyl halides is 1. The normalized spacial score (nSPS) is 29.6. The van der Waals surface area contributed by atoms with E-state index in [0.717, 1.165) is 0 Å². The molecule has 0 saturated carbocycles. The minimum Gasteiger partial charge on any atom is -0.467 e. The van der Waals surface area contributed by atoms with Crippen LogP contribution in [0, 0.1) is 5.82 Å². The van der Waals surface area contributed by atoms with Crippen molar-refractivity contribution in [1.29, 1.82) is 0 Å². The Morgan fingerprint density at radius 2 is 1.81 bits per heavy atom. The molecule has 228 valence electrons. The Morgan fingerprint density at radius 3 is 2.38 bits per heavy atom. The minimum absolute atomic E-state index is 0.0832. The number of carbonyl (C=O) groups is 1. The number of hydrogen-bond donors (Lipinski definition) is 1. The molecule has 3 saturated heterocycles. The van der Waals surface area contributed by atoms with Gasteiger partial charge in [-0.3, -0.25) is 9.88 Å². The van der Waals surface area contributed by atoms with Gasteiger partial charge >= 0.3 is 13.2 Å². The Balaban J connectivity index is 1.42. The molecular weight excluding hydrogens is 549 g/mol. The fourth-order valence-corrected chi connectivity index (χ4v) is 6.54. The van der Waals surface area contributed by atoms with Gasteiger partial charge in [0, 0.05) is 30.7 Å². The summed E-state index contributed by atoms with van der Waals surface area (Å²) in [6.07, 6.45) is 1.79. The fourth-order valence-electron chi connectivity index (χ4n) is 6.54. The lowest BCUT2D eigenvalue weighted by atomic mass is 9.78. The lowest BCUT2D eigenvalue weighted by Crippen LogP contribution is -2.68. The average Bonchev–Trinajstić information content (AvgIpc) is 3.28. The fraction of sp³-hybridized carbons (Fsp3) is 0.621. The van der Waals surface area contributed by atoms with Crippen LogP contribution in [0.2, 0.25) is 0 Å². The molecule has 4 heterocycles. The molecule has 0 radical (unpaired) electrons. The van der Waals surface area contributed by atoms with Crippen LogP contribution >= 0.6 is 0 Å². The topological polar surface area (TPSA) is 106 Å². The maximum absolute atomic E-state index is 16.0. The van der Waals surface area contributed by atoms with Gasteiger partial charge in [0.15, 0.2) is 6.79 Å². The highest BCUT2D eigenvalue weighted by Gasteiger charge is 2.64. The zero-order valence-corrected chi connectivity index (χ0v) is 25.4. The van der Waals surface area contributed by atoms with Crippen molar-refractivity contribution in [2.45, 2.75) is 95.3 Å². The van der Waals surface area contributed by atoms with Gasteiger partial charge in [-0.1, -0.05) is 0 Å². The third-order valence-corrected chi connectivity index (χ3v) is 9.70. The molecule has 2 bridgehead atoms. The van der Waals surface area contributed by atoms with E-state index in [1.807, 2.05) is 34.6 Å². The SMILES string of the molecule is COCOc1cc(B2OC(C)(C)C(C)(C)O2)c(F)cc1-c1cnc(N(C)[C@@H]2C[C@@]3(C)CC[C@@](C)([C@@H]2F)N3C(=O)O)cn1. The molecule has 42 heavy (non-hydrogen) atoms. The Kier molecular flexibility index (Phi) is 7.47. The highest BCUT2D eigenvalue weighted by atomic mass is 19.1. The van der Waals surface area contributed by atoms with Crippen LogP contribution in [-0.4, -0.2) is 88.6 Å². The van der Waals surface area contributed by atoms with Gasteiger partial charge in [0.25, 0.3) is 0 Å². The summed E-state index contributed by atoms with van der Waals surface area (Å²) in [5, 5.41) is 9.83. The van der Waals surface area contributed by atoms with Gasteiger partial charge in [0.1, 0.15) is 23.6 Å². The van der Waals surface area contributed by atoms with E-state index in [-0.39, 0.29) is 12.3 Å². The summed E-state index contributed by atoms with van der Waals surface area (Å²) in [4.78, 5) is 24.1. The van der Waals surface area contributed by atoms with Crippen LogP contribution in [0.5, 0.6) is 5.75 Å². The van der Waals surface area contributed by atoms with Gasteiger partial charge < -0.3 is 28.8 Å². The molecule has 0 unspecified atom stereocenters. The highest BCUT2D eigenvalue weighted by molar-refractivity contribution is 6.62. The van der Waals surface area contributed by atoms with Crippen molar-refractivity contribution in [3.63, 3.8) is 0 Å². The van der Waals surface area contributed by atoms with Crippen LogP contribution in [0.4, 0.5) is 19.4 Å². The predicted octanol–water partition coefficient (Wildman–Crippen LogP) is 4.40. The minimum atomic E-state index is -1.43. The molecule has 0 aliphatic carbocycles. The number of amides is 1. The van der Waals surface area contributed by atoms with E-state index < -0.39 is 53.5 Å². The number of anilines is 1. The lowest BCUT2D eigenvalue weighted by Gasteiger charge is -2.53. The number of fused-ring (bicyclic) bond motifs is 2. The molecule has 1 aromatic carbocycles. The average molecular weight is 588 g/mol. The summed E-state index contributed by atoms with van der Waals surface area (Å²) in [6, 6.07) is 2.22. The van der Waals surface area contributed by atoms with E-state index >= 15 is 8.78 Å². The number of nitrogens with zero attached hydrogens (tertiary/aromatic N) is 4. The number of halogens is 2. The van der Waals surface area contributed by atoms with E-state index in [9.17, 15) is 9.90 Å². The van der Waals surface area contributed by atoms with E-state index in [1.165, 1.54) is 36.5 Å². The molecule has 0 spiro atoms. The molecule has 5 rings (SSSR count). The smallest absolute Gasteiger partial charge is 0.467 e. The zero-order chi connectivity index (χ0) is 30.8. The molecule has 13 heteroatoms. The largest absolute Gasteiger partial charge is 0.497 e. The highest BCUT2D eigenvalue weighted by Crippen LogP contribution is 2.52. The van der Waals surface area contributed by atoms with Crippen LogP contribution in [0.1, 0.15) is 60.8 Å². The molecule has 1 aromatic heterocycles. The summed E-state index contributed by atoms with van der Waals surface area (Å²) >= 11 is 0. The van der Waals surface area contributed by atoms with Crippen molar-refractivity contribution < 1.29 is 37.5 Å². The van der Waals surface area contributed by atoms with Gasteiger partial charge in [-0.15, -0.1) is 0 Å². The van der Waals surface area contributed by atoms with Gasteiger partial charge in [-0.05, 0) is 72.9 Å². The Labute approximate surface area is 245 Å². The molecular formula is C29H39BF2N4O6. The maximum Gasteiger partial charge on any atom is 0.497 e. The number of carboxylic acid groups (broad SMARTS) is 1. The zero-order valence-electron chi connectivity index (χ0n) is 25.4. The van der Waals surface area contributed by atoms with Crippen LogP contribution in [0.25, 0.3) is 11.3 Å². The van der Waals surface area contributed by atoms with E-state index in [4.69, 9.17) is 18.8 Å². The predicted molar refractivity (Wildman–Crippen MR) is 153 cm³/mol. The van der Waals surface area contributed by atoms with Crippen molar-refractivity contribution in [1.82, 2.24) is 14.9 Å². The van der Waals surface area contributed by atoms with Crippen LogP contribution < -0.4 is 15.1 Å². The Bertz CT molecular complexity index is 1350. The van der Waals surface area contributed by atoms with Gasteiger partial charge in [0.2, 0.25) is 0 Å². The van der Waals surface area contributed by atoms with Crippen molar-refractivity contribution >= 4 is 24.5 Å². The van der Waals surface area contributed by atoms with Crippen molar-refractivity contribution in [2.75, 3.05) is 25.9 Å². The maximum atomic E-state index is 16.0. The number of piperidine rings is 1. The molecule has 1 amide bonds. The monoisotopic (exact) mass is 588 g/mol. The second-order valence-electron chi connectivity index (χ2n) is 13.0. The van der Waals surface area contributed by atoms with Crippen molar-refractivity contribution in [3.8, 4) is 17.0 Å². The molecule has 1 N–H and O–H groups in total. The molecule has 3 aliphatic rings. The first-order valence-corrected chi connectivity index (χ1v) is 14.1. The number of aromatic nitrogens is 2. The van der Waals surface area contributed by atoms with Gasteiger partial charge in [0.05, 0.1) is 40.9 Å². The quantitative estimate of drug-likeness (QED) is 0.372. The number of ether oxygens (including phenoxy) is 2. The molecule has 4 atom stereocenters. The van der Waals surface area contributed by atoms with Crippen molar-refractivity contribution in [2.24, 2.45) is 0 Å². The van der Waals surface area contributed by atoms with E-state index in [0.29, 0.717) is 42.1 Å². The summed E-state index contributed by atoms with van der Waals surface area (Å²) in [6.45, 7) is 11.0. The van der Waals surface area contributed by atoms with Crippen LogP contribution in [0.3, 0.4) is 0 Å². The first kappa shape index (κ1) is 30.4. The van der Waals surface area contributed by atoms with Crippen LogP contribution in [0.15, 0.2) is 24.5 Å². The number of hydrogen-bond acceptors (Lipinski definition) is 8. The summed E-state index contributed by atoms with van der Waals surface area (Å²) in [5.41, 5.74) is -2.24. The first-order valence-electron chi connectivity index (χ1n) is 14.1. The third kappa shape index (κ3) is 4.79. The van der Waals surface area contributed by atoms with E-state index in [2.05, 4.69) is 9.97 Å². The van der Waals surface area contributed by atoms with Gasteiger partial charge in [-0.25, -0.2) is 18.6 Å². The summed E-state index contributed by atoms with van der Waals surface area (Å²) in [7, 11) is 2.28. The lowest BCUT2D eigenvalue weighted by molar-refractivity contribution is -0.0380. The summed E-state index contributed by atoms with van der Waals surface area (Å²) < 4.78 is 54.5. The molecule has 10 nitrogen and oxygen atoms in total. The Hall–Kier alpha value is -3.03. The first-order chi connectivity index (χ1) is 19.5. The van der Waals surface area contributed by atoms with Crippen LogP contribution in [-0.2, 0) is 14.0 Å². The molecule has 3 aliphatic heterocycles. The molecule has 2 aromatic rings.